The molecule has 0 aliphatic rings. The fourth-order valence-electron chi connectivity index (χ4n) is 2.94. The molecule has 0 fully saturated rings. The summed E-state index contributed by atoms with van der Waals surface area (Å²) in [7, 11) is 2.23. The Bertz CT molecular complexity index is 258. The Morgan fingerprint density at radius 1 is 0.950 bits per heavy atom. The number of likely N-dealkylation sites (N-methyl/N-ethyl adjacent to an activating group) is 1. The number of carbonyl (C=O) groups is 1. The predicted octanol–water partition coefficient (Wildman–Crippen LogP) is 3.39. The van der Waals surface area contributed by atoms with E-state index in [4.69, 9.17) is 0 Å². The SMILES string of the molecule is CCC[N+](C)(CCC)CC(=O)N(CC(C)C)CC(C)C. The molecule has 20 heavy (non-hydrogen) atoms. The lowest BCUT2D eigenvalue weighted by molar-refractivity contribution is -0.902. The van der Waals surface area contributed by atoms with Gasteiger partial charge in [-0.2, -0.15) is 0 Å². The Hall–Kier alpha value is -0.570. The van der Waals surface area contributed by atoms with Gasteiger partial charge in [0.15, 0.2) is 6.54 Å². The molecule has 3 heteroatoms. The highest BCUT2D eigenvalue weighted by molar-refractivity contribution is 5.77. The van der Waals surface area contributed by atoms with E-state index in [-0.39, 0.29) is 0 Å². The lowest BCUT2D eigenvalue weighted by atomic mass is 10.1. The van der Waals surface area contributed by atoms with E-state index in [0.29, 0.717) is 24.3 Å². The van der Waals surface area contributed by atoms with Crippen LogP contribution in [0, 0.1) is 11.8 Å². The van der Waals surface area contributed by atoms with Crippen molar-refractivity contribution in [1.29, 1.82) is 0 Å². The Balaban J connectivity index is 4.77. The van der Waals surface area contributed by atoms with Gasteiger partial charge in [0.2, 0.25) is 0 Å². The molecule has 0 saturated carbocycles. The van der Waals surface area contributed by atoms with Crippen LogP contribution in [0.1, 0.15) is 54.4 Å². The third kappa shape index (κ3) is 7.88. The van der Waals surface area contributed by atoms with Crippen molar-refractivity contribution in [2.24, 2.45) is 11.8 Å². The van der Waals surface area contributed by atoms with E-state index in [0.717, 1.165) is 43.5 Å². The van der Waals surface area contributed by atoms with Crippen molar-refractivity contribution in [2.45, 2.75) is 54.4 Å². The predicted molar refractivity (Wildman–Crippen MR) is 87.6 cm³/mol. The summed E-state index contributed by atoms with van der Waals surface area (Å²) in [5, 5.41) is 0. The molecule has 0 N–H and O–H groups in total. The van der Waals surface area contributed by atoms with Crippen molar-refractivity contribution >= 4 is 5.91 Å². The van der Waals surface area contributed by atoms with Crippen molar-refractivity contribution in [3.8, 4) is 0 Å². The van der Waals surface area contributed by atoms with Gasteiger partial charge in [0.1, 0.15) is 0 Å². The van der Waals surface area contributed by atoms with Crippen molar-refractivity contribution in [1.82, 2.24) is 4.90 Å². The number of carbonyl (C=O) groups excluding carboxylic acids is 1. The molecule has 0 atom stereocenters. The lowest BCUT2D eigenvalue weighted by Crippen LogP contribution is -2.53. The second kappa shape index (κ2) is 9.38. The van der Waals surface area contributed by atoms with Gasteiger partial charge in [-0.3, -0.25) is 4.79 Å². The molecule has 0 spiro atoms. The van der Waals surface area contributed by atoms with Gasteiger partial charge in [-0.05, 0) is 24.7 Å². The molecule has 1 amide bonds. The van der Waals surface area contributed by atoms with Crippen LogP contribution < -0.4 is 0 Å². The third-order valence-corrected chi connectivity index (χ3v) is 3.57. The summed E-state index contributed by atoms with van der Waals surface area (Å²) in [6.45, 7) is 17.8. The molecule has 0 radical (unpaired) electrons. The van der Waals surface area contributed by atoms with Gasteiger partial charge in [0, 0.05) is 13.1 Å². The molecule has 0 heterocycles. The minimum Gasteiger partial charge on any atom is -0.337 e. The first-order valence-electron chi connectivity index (χ1n) is 8.35. The molecule has 0 rings (SSSR count). The van der Waals surface area contributed by atoms with E-state index in [2.05, 4.69) is 53.5 Å². The van der Waals surface area contributed by atoms with Crippen molar-refractivity contribution in [3.05, 3.63) is 0 Å². The summed E-state index contributed by atoms with van der Waals surface area (Å²) in [6.07, 6.45) is 2.27. The number of hydrogen-bond acceptors (Lipinski definition) is 1. The van der Waals surface area contributed by atoms with Gasteiger partial charge in [-0.1, -0.05) is 41.5 Å². The quantitative estimate of drug-likeness (QED) is 0.563. The van der Waals surface area contributed by atoms with Crippen molar-refractivity contribution < 1.29 is 9.28 Å². The first kappa shape index (κ1) is 19.4. The smallest absolute Gasteiger partial charge is 0.277 e. The fraction of sp³-hybridized carbons (Fsp3) is 0.941. The fourth-order valence-corrected chi connectivity index (χ4v) is 2.94. The zero-order chi connectivity index (χ0) is 15.8. The van der Waals surface area contributed by atoms with Gasteiger partial charge >= 0.3 is 0 Å². The Kier molecular flexibility index (Phi) is 9.11. The van der Waals surface area contributed by atoms with Crippen LogP contribution in [0.4, 0.5) is 0 Å². The van der Waals surface area contributed by atoms with Crippen LogP contribution >= 0.6 is 0 Å². The van der Waals surface area contributed by atoms with Crippen LogP contribution in [0.2, 0.25) is 0 Å². The van der Waals surface area contributed by atoms with Crippen LogP contribution in [0.3, 0.4) is 0 Å². The number of nitrogens with zero attached hydrogens (tertiary/aromatic N) is 2. The maximum atomic E-state index is 12.7. The van der Waals surface area contributed by atoms with Crippen molar-refractivity contribution in [2.75, 3.05) is 39.8 Å². The van der Waals surface area contributed by atoms with Gasteiger partial charge < -0.3 is 9.38 Å². The Labute approximate surface area is 126 Å². The molecular weight excluding hydrogens is 248 g/mol. The lowest BCUT2D eigenvalue weighted by Gasteiger charge is -2.36. The van der Waals surface area contributed by atoms with E-state index >= 15 is 0 Å². The zero-order valence-electron chi connectivity index (χ0n) is 14.9. The van der Waals surface area contributed by atoms with Gasteiger partial charge in [-0.25, -0.2) is 0 Å². The molecule has 0 unspecified atom stereocenters. The highest BCUT2D eigenvalue weighted by Crippen LogP contribution is 2.10. The minimum absolute atomic E-state index is 0.330. The molecule has 0 saturated heterocycles. The number of hydrogen-bond donors (Lipinski definition) is 0. The normalized spacial score (nSPS) is 12.2. The summed E-state index contributed by atoms with van der Waals surface area (Å²) in [4.78, 5) is 14.8. The maximum absolute atomic E-state index is 12.7. The molecule has 0 aliphatic carbocycles. The molecule has 0 aliphatic heterocycles. The molecule has 0 bridgehead atoms. The number of amides is 1. The number of rotatable bonds is 10. The average Bonchev–Trinajstić information content (AvgIpc) is 2.26. The topological polar surface area (TPSA) is 20.3 Å². The Morgan fingerprint density at radius 3 is 1.65 bits per heavy atom. The summed E-state index contributed by atoms with van der Waals surface area (Å²) < 4.78 is 0.887. The third-order valence-electron chi connectivity index (χ3n) is 3.57. The highest BCUT2D eigenvalue weighted by atomic mass is 16.2. The second-order valence-electron chi connectivity index (χ2n) is 7.31. The summed E-state index contributed by atoms with van der Waals surface area (Å²) in [5.41, 5.74) is 0. The van der Waals surface area contributed by atoms with Gasteiger partial charge in [0.25, 0.3) is 5.91 Å². The second-order valence-corrected chi connectivity index (χ2v) is 7.31. The largest absolute Gasteiger partial charge is 0.337 e. The van der Waals surface area contributed by atoms with E-state index in [1.54, 1.807) is 0 Å². The summed E-state index contributed by atoms with van der Waals surface area (Å²) in [6, 6.07) is 0. The zero-order valence-corrected chi connectivity index (χ0v) is 14.9. The van der Waals surface area contributed by atoms with E-state index < -0.39 is 0 Å². The van der Waals surface area contributed by atoms with Crippen molar-refractivity contribution in [3.63, 3.8) is 0 Å². The van der Waals surface area contributed by atoms with Crippen LogP contribution in [-0.4, -0.2) is 55.1 Å². The molecule has 3 nitrogen and oxygen atoms in total. The average molecular weight is 285 g/mol. The van der Waals surface area contributed by atoms with Crippen LogP contribution in [0.15, 0.2) is 0 Å². The van der Waals surface area contributed by atoms with Gasteiger partial charge in [0.05, 0.1) is 20.1 Å². The van der Waals surface area contributed by atoms with Crippen LogP contribution in [-0.2, 0) is 4.79 Å². The first-order valence-corrected chi connectivity index (χ1v) is 8.35. The molecular formula is C17H37N2O+. The van der Waals surface area contributed by atoms with Gasteiger partial charge in [-0.15, -0.1) is 0 Å². The Morgan fingerprint density at radius 2 is 1.35 bits per heavy atom. The monoisotopic (exact) mass is 285 g/mol. The highest BCUT2D eigenvalue weighted by Gasteiger charge is 2.27. The van der Waals surface area contributed by atoms with Crippen LogP contribution in [0.5, 0.6) is 0 Å². The minimum atomic E-state index is 0.330. The summed E-state index contributed by atoms with van der Waals surface area (Å²) >= 11 is 0. The van der Waals surface area contributed by atoms with E-state index in [1.807, 2.05) is 0 Å². The van der Waals surface area contributed by atoms with E-state index in [9.17, 15) is 4.79 Å². The molecule has 0 aromatic heterocycles. The first-order chi connectivity index (χ1) is 9.24. The maximum Gasteiger partial charge on any atom is 0.277 e. The van der Waals surface area contributed by atoms with E-state index in [1.165, 1.54) is 0 Å². The molecule has 0 aromatic carbocycles. The number of quaternary nitrogens is 1. The standard InChI is InChI=1S/C17H37N2O/c1-8-10-19(7,11-9-2)14-17(20)18(12-15(3)4)13-16(5)6/h15-16H,8-14H2,1-7H3/q+1. The molecule has 0 aromatic rings. The summed E-state index contributed by atoms with van der Waals surface area (Å²) in [5.74, 6) is 1.40. The molecule has 120 valence electrons. The van der Waals surface area contributed by atoms with Crippen LogP contribution in [0.25, 0.3) is 0 Å².